The van der Waals surface area contributed by atoms with Crippen LogP contribution in [-0.4, -0.2) is 28.8 Å². The molecule has 0 spiro atoms. The molecule has 1 aromatic rings. The zero-order chi connectivity index (χ0) is 14.2. The van der Waals surface area contributed by atoms with Crippen molar-refractivity contribution in [1.82, 2.24) is 4.90 Å². The molecule has 2 rings (SSSR count). The van der Waals surface area contributed by atoms with Crippen LogP contribution in [0, 0.1) is 23.0 Å². The molecule has 1 amide bonds. The summed E-state index contributed by atoms with van der Waals surface area (Å²) in [5.41, 5.74) is 1.08. The van der Waals surface area contributed by atoms with Crippen molar-refractivity contribution < 1.29 is 9.72 Å². The van der Waals surface area contributed by atoms with Gasteiger partial charge in [-0.25, -0.2) is 0 Å². The Kier molecular flexibility index (Phi) is 3.55. The van der Waals surface area contributed by atoms with Crippen LogP contribution in [0.3, 0.4) is 0 Å². The molecule has 0 bridgehead atoms. The maximum absolute atomic E-state index is 12.3. The van der Waals surface area contributed by atoms with Crippen molar-refractivity contribution in [2.75, 3.05) is 7.05 Å². The van der Waals surface area contributed by atoms with E-state index in [1.165, 1.54) is 25.0 Å². The van der Waals surface area contributed by atoms with Gasteiger partial charge in [-0.1, -0.05) is 0 Å². The zero-order valence-electron chi connectivity index (χ0n) is 11.4. The van der Waals surface area contributed by atoms with Crippen molar-refractivity contribution >= 4 is 11.6 Å². The summed E-state index contributed by atoms with van der Waals surface area (Å²) in [5.74, 6) is 0.533. The van der Waals surface area contributed by atoms with E-state index in [9.17, 15) is 14.9 Å². The van der Waals surface area contributed by atoms with E-state index >= 15 is 0 Å². The van der Waals surface area contributed by atoms with E-state index in [1.54, 1.807) is 24.9 Å². The standard InChI is InChI=1S/C14H18N2O3/c1-9-8-12(6-7-13(9)16(18)19)14(17)15(3)10(2)11-4-5-11/h6-8,10-11H,4-5H2,1-3H3/t10-/m0/s1. The molecule has 0 unspecified atom stereocenters. The van der Waals surface area contributed by atoms with Gasteiger partial charge in [0.1, 0.15) is 0 Å². The van der Waals surface area contributed by atoms with E-state index in [4.69, 9.17) is 0 Å². The predicted octanol–water partition coefficient (Wildman–Crippen LogP) is 2.77. The summed E-state index contributed by atoms with van der Waals surface area (Å²) >= 11 is 0. The van der Waals surface area contributed by atoms with Crippen LogP contribution in [0.2, 0.25) is 0 Å². The van der Waals surface area contributed by atoms with Crippen LogP contribution in [0.25, 0.3) is 0 Å². The first-order chi connectivity index (χ1) is 8.91. The third kappa shape index (κ3) is 2.75. The highest BCUT2D eigenvalue weighted by molar-refractivity contribution is 5.94. The molecule has 1 aromatic carbocycles. The third-order valence-electron chi connectivity index (χ3n) is 3.88. The Hall–Kier alpha value is -1.91. The van der Waals surface area contributed by atoms with Crippen LogP contribution in [0.1, 0.15) is 35.7 Å². The predicted molar refractivity (Wildman–Crippen MR) is 72.1 cm³/mol. The Bertz CT molecular complexity index is 523. The lowest BCUT2D eigenvalue weighted by Crippen LogP contribution is -2.36. The van der Waals surface area contributed by atoms with Crippen molar-refractivity contribution in [3.63, 3.8) is 0 Å². The second-order valence-electron chi connectivity index (χ2n) is 5.25. The van der Waals surface area contributed by atoms with Gasteiger partial charge >= 0.3 is 0 Å². The van der Waals surface area contributed by atoms with Gasteiger partial charge in [0, 0.05) is 30.3 Å². The Morgan fingerprint density at radius 3 is 2.58 bits per heavy atom. The quantitative estimate of drug-likeness (QED) is 0.619. The summed E-state index contributed by atoms with van der Waals surface area (Å²) in [6.07, 6.45) is 2.36. The summed E-state index contributed by atoms with van der Waals surface area (Å²) in [7, 11) is 1.79. The number of nitrogens with zero attached hydrogens (tertiary/aromatic N) is 2. The fourth-order valence-corrected chi connectivity index (χ4v) is 2.28. The number of amides is 1. The van der Waals surface area contributed by atoms with Crippen LogP contribution in [0.4, 0.5) is 5.69 Å². The monoisotopic (exact) mass is 262 g/mol. The number of nitro benzene ring substituents is 1. The van der Waals surface area contributed by atoms with E-state index < -0.39 is 4.92 Å². The number of aryl methyl sites for hydroxylation is 1. The number of benzene rings is 1. The number of carbonyl (C=O) groups excluding carboxylic acids is 1. The van der Waals surface area contributed by atoms with Crippen LogP contribution < -0.4 is 0 Å². The molecule has 5 nitrogen and oxygen atoms in total. The molecule has 5 heteroatoms. The van der Waals surface area contributed by atoms with Crippen LogP contribution in [0.15, 0.2) is 18.2 Å². The molecule has 1 saturated carbocycles. The first-order valence-corrected chi connectivity index (χ1v) is 6.44. The topological polar surface area (TPSA) is 63.5 Å². The maximum atomic E-state index is 12.3. The molecule has 1 fully saturated rings. The van der Waals surface area contributed by atoms with Crippen LogP contribution in [0.5, 0.6) is 0 Å². The number of hydrogen-bond donors (Lipinski definition) is 0. The van der Waals surface area contributed by atoms with Gasteiger partial charge in [0.2, 0.25) is 0 Å². The summed E-state index contributed by atoms with van der Waals surface area (Å²) < 4.78 is 0. The minimum atomic E-state index is -0.430. The molecule has 19 heavy (non-hydrogen) atoms. The van der Waals surface area contributed by atoms with Crippen molar-refractivity contribution in [2.24, 2.45) is 5.92 Å². The molecule has 0 aliphatic heterocycles. The average Bonchev–Trinajstić information content (AvgIpc) is 3.19. The number of hydrogen-bond acceptors (Lipinski definition) is 3. The van der Waals surface area contributed by atoms with Gasteiger partial charge in [-0.15, -0.1) is 0 Å². The molecule has 0 heterocycles. The Morgan fingerprint density at radius 2 is 2.11 bits per heavy atom. The van der Waals surface area contributed by atoms with Gasteiger partial charge in [-0.2, -0.15) is 0 Å². The molecule has 102 valence electrons. The molecular weight excluding hydrogens is 244 g/mol. The second kappa shape index (κ2) is 4.99. The molecule has 0 N–H and O–H groups in total. The van der Waals surface area contributed by atoms with Crippen molar-refractivity contribution in [2.45, 2.75) is 32.7 Å². The normalized spacial score (nSPS) is 15.9. The first kappa shape index (κ1) is 13.5. The summed E-state index contributed by atoms with van der Waals surface area (Å²) in [4.78, 5) is 24.4. The SMILES string of the molecule is Cc1cc(C(=O)N(C)[C@@H](C)C2CC2)ccc1[N+](=O)[O-]. The lowest BCUT2D eigenvalue weighted by Gasteiger charge is -2.25. The molecule has 0 aromatic heterocycles. The molecule has 1 atom stereocenters. The lowest BCUT2D eigenvalue weighted by atomic mass is 10.1. The minimum Gasteiger partial charge on any atom is -0.339 e. The molecule has 1 aliphatic rings. The van der Waals surface area contributed by atoms with E-state index in [0.29, 0.717) is 17.0 Å². The van der Waals surface area contributed by atoms with E-state index in [2.05, 4.69) is 0 Å². The average molecular weight is 262 g/mol. The van der Waals surface area contributed by atoms with Gasteiger partial charge < -0.3 is 4.90 Å². The summed E-state index contributed by atoms with van der Waals surface area (Å²) in [5, 5.41) is 10.8. The highest BCUT2D eigenvalue weighted by atomic mass is 16.6. The number of nitro groups is 1. The smallest absolute Gasteiger partial charge is 0.272 e. The van der Waals surface area contributed by atoms with Gasteiger partial charge in [-0.3, -0.25) is 14.9 Å². The highest BCUT2D eigenvalue weighted by Crippen LogP contribution is 2.35. The van der Waals surface area contributed by atoms with Gasteiger partial charge in [0.05, 0.1) is 4.92 Å². The number of rotatable bonds is 4. The first-order valence-electron chi connectivity index (χ1n) is 6.44. The second-order valence-corrected chi connectivity index (χ2v) is 5.25. The van der Waals surface area contributed by atoms with E-state index in [-0.39, 0.29) is 17.6 Å². The van der Waals surface area contributed by atoms with Gasteiger partial charge in [0.25, 0.3) is 11.6 Å². The van der Waals surface area contributed by atoms with Crippen LogP contribution >= 0.6 is 0 Å². The fourth-order valence-electron chi connectivity index (χ4n) is 2.28. The molecule has 0 saturated heterocycles. The molecule has 0 radical (unpaired) electrons. The van der Waals surface area contributed by atoms with Crippen molar-refractivity contribution in [3.05, 3.63) is 39.4 Å². The van der Waals surface area contributed by atoms with E-state index in [0.717, 1.165) is 0 Å². The largest absolute Gasteiger partial charge is 0.339 e. The zero-order valence-corrected chi connectivity index (χ0v) is 11.4. The summed E-state index contributed by atoms with van der Waals surface area (Å²) in [6.45, 7) is 3.70. The van der Waals surface area contributed by atoms with Crippen molar-refractivity contribution in [3.8, 4) is 0 Å². The Morgan fingerprint density at radius 1 is 1.47 bits per heavy atom. The number of carbonyl (C=O) groups is 1. The van der Waals surface area contributed by atoms with Crippen molar-refractivity contribution in [1.29, 1.82) is 0 Å². The maximum Gasteiger partial charge on any atom is 0.272 e. The Labute approximate surface area is 112 Å². The van der Waals surface area contributed by atoms with Gasteiger partial charge in [0.15, 0.2) is 0 Å². The highest BCUT2D eigenvalue weighted by Gasteiger charge is 2.32. The third-order valence-corrected chi connectivity index (χ3v) is 3.88. The molecule has 1 aliphatic carbocycles. The Balaban J connectivity index is 2.19. The fraction of sp³-hybridized carbons (Fsp3) is 0.500. The molecular formula is C14H18N2O3. The van der Waals surface area contributed by atoms with E-state index in [1.807, 2.05) is 6.92 Å². The summed E-state index contributed by atoms with van der Waals surface area (Å²) in [6, 6.07) is 4.75. The minimum absolute atomic E-state index is 0.0504. The van der Waals surface area contributed by atoms with Crippen LogP contribution in [-0.2, 0) is 0 Å². The van der Waals surface area contributed by atoms with Gasteiger partial charge in [-0.05, 0) is 44.7 Å². The lowest BCUT2D eigenvalue weighted by molar-refractivity contribution is -0.385.